The van der Waals surface area contributed by atoms with Gasteiger partial charge in [-0.2, -0.15) is 0 Å². The van der Waals surface area contributed by atoms with E-state index in [-0.39, 0.29) is 0 Å². The zero-order valence-electron chi connectivity index (χ0n) is 10.7. The molecule has 0 saturated heterocycles. The Kier molecular flexibility index (Phi) is 4.25. The smallest absolute Gasteiger partial charge is 0.119 e. The van der Waals surface area contributed by atoms with Crippen LogP contribution in [0.25, 0.3) is 11.1 Å². The minimum Gasteiger partial charge on any atom is -0.497 e. The molecule has 0 spiro atoms. The van der Waals surface area contributed by atoms with E-state index in [4.69, 9.17) is 4.74 Å². The fraction of sp³-hybridized carbons (Fsp3) is 0.286. The van der Waals surface area contributed by atoms with Gasteiger partial charge < -0.3 is 10.1 Å². The number of hydrogen-bond acceptors (Lipinski definition) is 4. The molecule has 4 heteroatoms. The molecule has 94 valence electrons. The van der Waals surface area contributed by atoms with Crippen molar-refractivity contribution in [1.29, 1.82) is 0 Å². The molecule has 0 aliphatic carbocycles. The quantitative estimate of drug-likeness (QED) is 0.875. The third-order valence-corrected chi connectivity index (χ3v) is 2.75. The highest BCUT2D eigenvalue weighted by Crippen LogP contribution is 2.27. The summed E-state index contributed by atoms with van der Waals surface area (Å²) in [6.07, 6.45) is 5.17. The zero-order valence-corrected chi connectivity index (χ0v) is 10.7. The Balaban J connectivity index is 2.41. The molecule has 0 fully saturated rings. The van der Waals surface area contributed by atoms with E-state index in [0.29, 0.717) is 0 Å². The van der Waals surface area contributed by atoms with Crippen molar-refractivity contribution >= 4 is 0 Å². The van der Waals surface area contributed by atoms with E-state index < -0.39 is 0 Å². The summed E-state index contributed by atoms with van der Waals surface area (Å²) >= 11 is 0. The number of aromatic nitrogens is 2. The minimum atomic E-state index is 0.824. The zero-order chi connectivity index (χ0) is 12.8. The van der Waals surface area contributed by atoms with E-state index in [1.807, 2.05) is 24.5 Å². The molecule has 0 atom stereocenters. The van der Waals surface area contributed by atoms with Gasteiger partial charge in [0.1, 0.15) is 12.1 Å². The van der Waals surface area contributed by atoms with Gasteiger partial charge in [0.05, 0.1) is 7.11 Å². The largest absolute Gasteiger partial charge is 0.497 e. The lowest BCUT2D eigenvalue weighted by Gasteiger charge is -2.11. The Morgan fingerprint density at radius 2 is 2.00 bits per heavy atom. The molecule has 0 saturated carbocycles. The molecule has 1 aromatic carbocycles. The van der Waals surface area contributed by atoms with Crippen LogP contribution < -0.4 is 10.1 Å². The van der Waals surface area contributed by atoms with E-state index in [1.54, 1.807) is 7.11 Å². The van der Waals surface area contributed by atoms with E-state index in [0.717, 1.165) is 30.0 Å². The summed E-state index contributed by atoms with van der Waals surface area (Å²) in [6.45, 7) is 3.86. The number of methoxy groups -OCH3 is 1. The van der Waals surface area contributed by atoms with Crippen molar-refractivity contribution in [2.45, 2.75) is 13.5 Å². The Bertz CT molecular complexity index is 500. The third-order valence-electron chi connectivity index (χ3n) is 2.75. The first-order valence-electron chi connectivity index (χ1n) is 5.98. The maximum absolute atomic E-state index is 5.27. The molecule has 1 heterocycles. The number of benzene rings is 1. The van der Waals surface area contributed by atoms with Crippen LogP contribution in [0.3, 0.4) is 0 Å². The van der Waals surface area contributed by atoms with Gasteiger partial charge in [0.15, 0.2) is 0 Å². The van der Waals surface area contributed by atoms with Crippen molar-refractivity contribution in [2.75, 3.05) is 13.7 Å². The van der Waals surface area contributed by atoms with E-state index >= 15 is 0 Å². The van der Waals surface area contributed by atoms with Gasteiger partial charge in [-0.05, 0) is 29.8 Å². The lowest BCUT2D eigenvalue weighted by atomic mass is 10.0. The fourth-order valence-corrected chi connectivity index (χ4v) is 1.80. The minimum absolute atomic E-state index is 0.824. The van der Waals surface area contributed by atoms with Crippen LogP contribution in [0.1, 0.15) is 12.5 Å². The second-order valence-electron chi connectivity index (χ2n) is 3.93. The van der Waals surface area contributed by atoms with Crippen LogP contribution in [0.5, 0.6) is 5.75 Å². The Hall–Kier alpha value is -1.94. The highest BCUT2D eigenvalue weighted by Gasteiger charge is 2.07. The number of rotatable bonds is 5. The molecule has 2 rings (SSSR count). The molecule has 0 aliphatic heterocycles. The van der Waals surface area contributed by atoms with Gasteiger partial charge in [-0.3, -0.25) is 0 Å². The Labute approximate surface area is 107 Å². The summed E-state index contributed by atoms with van der Waals surface area (Å²) in [5, 5.41) is 3.33. The standard InChI is InChI=1S/C14H17N3O/c1-3-15-7-11-4-5-13(18-2)6-14(11)12-8-16-10-17-9-12/h4-6,8-10,15H,3,7H2,1-2H3. The highest BCUT2D eigenvalue weighted by atomic mass is 16.5. The highest BCUT2D eigenvalue weighted by molar-refractivity contribution is 5.67. The van der Waals surface area contributed by atoms with Crippen LogP contribution in [0, 0.1) is 0 Å². The number of nitrogens with one attached hydrogen (secondary N) is 1. The van der Waals surface area contributed by atoms with Crippen LogP contribution in [-0.4, -0.2) is 23.6 Å². The fourth-order valence-electron chi connectivity index (χ4n) is 1.80. The average Bonchev–Trinajstić information content (AvgIpc) is 2.46. The van der Waals surface area contributed by atoms with Gasteiger partial charge in [-0.1, -0.05) is 13.0 Å². The normalized spacial score (nSPS) is 10.3. The second kappa shape index (κ2) is 6.12. The summed E-state index contributed by atoms with van der Waals surface area (Å²) in [5.41, 5.74) is 3.33. The van der Waals surface area contributed by atoms with Gasteiger partial charge in [0.25, 0.3) is 0 Å². The van der Waals surface area contributed by atoms with Crippen molar-refractivity contribution in [2.24, 2.45) is 0 Å². The molecular formula is C14H17N3O. The maximum Gasteiger partial charge on any atom is 0.119 e. The first kappa shape index (κ1) is 12.5. The van der Waals surface area contributed by atoms with Crippen LogP contribution >= 0.6 is 0 Å². The van der Waals surface area contributed by atoms with Crippen molar-refractivity contribution in [3.8, 4) is 16.9 Å². The van der Waals surface area contributed by atoms with E-state index in [9.17, 15) is 0 Å². The van der Waals surface area contributed by atoms with Gasteiger partial charge in [-0.25, -0.2) is 9.97 Å². The monoisotopic (exact) mass is 243 g/mol. The van der Waals surface area contributed by atoms with Gasteiger partial charge in [-0.15, -0.1) is 0 Å². The Morgan fingerprint density at radius 3 is 2.67 bits per heavy atom. The molecule has 18 heavy (non-hydrogen) atoms. The van der Waals surface area contributed by atoms with Crippen LogP contribution in [0.4, 0.5) is 0 Å². The lowest BCUT2D eigenvalue weighted by molar-refractivity contribution is 0.415. The molecule has 2 aromatic rings. The maximum atomic E-state index is 5.27. The average molecular weight is 243 g/mol. The lowest BCUT2D eigenvalue weighted by Crippen LogP contribution is -2.12. The molecule has 4 nitrogen and oxygen atoms in total. The van der Waals surface area contributed by atoms with Gasteiger partial charge in [0.2, 0.25) is 0 Å². The number of hydrogen-bond donors (Lipinski definition) is 1. The molecule has 0 radical (unpaired) electrons. The van der Waals surface area contributed by atoms with E-state index in [1.165, 1.54) is 11.9 Å². The molecule has 1 N–H and O–H groups in total. The molecule has 1 aromatic heterocycles. The Morgan fingerprint density at radius 1 is 1.22 bits per heavy atom. The van der Waals surface area contributed by atoms with Crippen molar-refractivity contribution in [3.63, 3.8) is 0 Å². The van der Waals surface area contributed by atoms with Crippen molar-refractivity contribution in [3.05, 3.63) is 42.5 Å². The van der Waals surface area contributed by atoms with E-state index in [2.05, 4.69) is 28.3 Å². The topological polar surface area (TPSA) is 47.0 Å². The van der Waals surface area contributed by atoms with Crippen molar-refractivity contribution < 1.29 is 4.74 Å². The van der Waals surface area contributed by atoms with Gasteiger partial charge >= 0.3 is 0 Å². The number of ether oxygens (including phenoxy) is 1. The summed E-state index contributed by atoms with van der Waals surface area (Å²) in [7, 11) is 1.67. The van der Waals surface area contributed by atoms with Crippen LogP contribution in [0.15, 0.2) is 36.9 Å². The summed E-state index contributed by atoms with van der Waals surface area (Å²) < 4.78 is 5.27. The first-order valence-corrected chi connectivity index (χ1v) is 5.98. The predicted octanol–water partition coefficient (Wildman–Crippen LogP) is 2.26. The molecule has 0 bridgehead atoms. The molecule has 0 unspecified atom stereocenters. The van der Waals surface area contributed by atoms with Crippen LogP contribution in [-0.2, 0) is 6.54 Å². The summed E-state index contributed by atoms with van der Waals surface area (Å²) in [6, 6.07) is 6.06. The summed E-state index contributed by atoms with van der Waals surface area (Å²) in [4.78, 5) is 8.13. The van der Waals surface area contributed by atoms with Gasteiger partial charge in [0, 0.05) is 24.5 Å². The molecular weight excluding hydrogens is 226 g/mol. The molecule has 0 amide bonds. The number of nitrogens with zero attached hydrogens (tertiary/aromatic N) is 2. The van der Waals surface area contributed by atoms with Crippen LogP contribution in [0.2, 0.25) is 0 Å². The molecule has 0 aliphatic rings. The van der Waals surface area contributed by atoms with Crippen molar-refractivity contribution in [1.82, 2.24) is 15.3 Å². The SMILES string of the molecule is CCNCc1ccc(OC)cc1-c1cncnc1. The third kappa shape index (κ3) is 2.84. The second-order valence-corrected chi connectivity index (χ2v) is 3.93. The summed E-state index contributed by atoms with van der Waals surface area (Å²) in [5.74, 6) is 0.842. The first-order chi connectivity index (χ1) is 8.85. The predicted molar refractivity (Wildman–Crippen MR) is 71.4 cm³/mol.